The standard InChI is InChI=1S/C10H16/c1-9-5-8-10(9)6-3-2-4-7-10/h2-3,9H,4-8H2,1H3. The Labute approximate surface area is 63.3 Å². The molecule has 10 heavy (non-hydrogen) atoms. The first-order valence-electron chi connectivity index (χ1n) is 4.48. The Morgan fingerprint density at radius 3 is 2.50 bits per heavy atom. The molecule has 0 heterocycles. The molecule has 2 aliphatic rings. The van der Waals surface area contributed by atoms with E-state index in [2.05, 4.69) is 19.1 Å². The molecular formula is C10H16. The Morgan fingerprint density at radius 1 is 1.30 bits per heavy atom. The molecule has 2 rings (SSSR count). The molecule has 0 aliphatic heterocycles. The summed E-state index contributed by atoms with van der Waals surface area (Å²) < 4.78 is 0. The SMILES string of the molecule is CC1CCC12CC=CCC2. The van der Waals surface area contributed by atoms with Crippen LogP contribution < -0.4 is 0 Å². The fourth-order valence-corrected chi connectivity index (χ4v) is 2.42. The zero-order valence-corrected chi connectivity index (χ0v) is 6.77. The third-order valence-electron chi connectivity index (χ3n) is 3.62. The summed E-state index contributed by atoms with van der Waals surface area (Å²) in [7, 11) is 0. The second-order valence-corrected chi connectivity index (χ2v) is 4.02. The first-order valence-corrected chi connectivity index (χ1v) is 4.48. The van der Waals surface area contributed by atoms with Gasteiger partial charge in [0, 0.05) is 0 Å². The molecule has 1 saturated carbocycles. The maximum Gasteiger partial charge on any atom is -0.0234 e. The lowest BCUT2D eigenvalue weighted by molar-refractivity contribution is 0.0335. The largest absolute Gasteiger partial charge is 0.0885 e. The van der Waals surface area contributed by atoms with Crippen LogP contribution in [0.4, 0.5) is 0 Å². The third-order valence-corrected chi connectivity index (χ3v) is 3.62. The van der Waals surface area contributed by atoms with Gasteiger partial charge in [0.15, 0.2) is 0 Å². The lowest BCUT2D eigenvalue weighted by Gasteiger charge is -2.49. The van der Waals surface area contributed by atoms with Crippen LogP contribution in [0.5, 0.6) is 0 Å². The summed E-state index contributed by atoms with van der Waals surface area (Å²) in [6.45, 7) is 2.42. The van der Waals surface area contributed by atoms with Gasteiger partial charge in [-0.3, -0.25) is 0 Å². The molecule has 1 spiro atoms. The highest BCUT2D eigenvalue weighted by Crippen LogP contribution is 2.53. The Morgan fingerprint density at radius 2 is 2.20 bits per heavy atom. The van der Waals surface area contributed by atoms with Crippen LogP contribution in [0, 0.1) is 11.3 Å². The van der Waals surface area contributed by atoms with E-state index in [9.17, 15) is 0 Å². The lowest BCUT2D eigenvalue weighted by Crippen LogP contribution is -2.38. The quantitative estimate of drug-likeness (QED) is 0.449. The summed E-state index contributed by atoms with van der Waals surface area (Å²) in [5.74, 6) is 1.01. The van der Waals surface area contributed by atoms with Crippen molar-refractivity contribution in [1.82, 2.24) is 0 Å². The van der Waals surface area contributed by atoms with Crippen molar-refractivity contribution in [3.8, 4) is 0 Å². The van der Waals surface area contributed by atoms with Crippen LogP contribution >= 0.6 is 0 Å². The highest BCUT2D eigenvalue weighted by molar-refractivity contribution is 5.04. The minimum absolute atomic E-state index is 0.773. The minimum atomic E-state index is 0.773. The molecule has 0 radical (unpaired) electrons. The Kier molecular flexibility index (Phi) is 1.36. The summed E-state index contributed by atoms with van der Waals surface area (Å²) in [5, 5.41) is 0. The van der Waals surface area contributed by atoms with E-state index in [1.54, 1.807) is 0 Å². The minimum Gasteiger partial charge on any atom is -0.0885 e. The second-order valence-electron chi connectivity index (χ2n) is 4.02. The molecule has 2 aliphatic carbocycles. The van der Waals surface area contributed by atoms with Gasteiger partial charge in [0.25, 0.3) is 0 Å². The molecule has 0 amide bonds. The van der Waals surface area contributed by atoms with Crippen LogP contribution in [0.25, 0.3) is 0 Å². The first-order chi connectivity index (χ1) is 4.83. The van der Waals surface area contributed by atoms with Gasteiger partial charge < -0.3 is 0 Å². The average molecular weight is 136 g/mol. The molecular weight excluding hydrogens is 120 g/mol. The van der Waals surface area contributed by atoms with E-state index in [0.29, 0.717) is 0 Å². The predicted molar refractivity (Wildman–Crippen MR) is 43.8 cm³/mol. The van der Waals surface area contributed by atoms with Crippen molar-refractivity contribution >= 4 is 0 Å². The van der Waals surface area contributed by atoms with E-state index in [1.165, 1.54) is 32.1 Å². The number of allylic oxidation sites excluding steroid dienone is 2. The van der Waals surface area contributed by atoms with Gasteiger partial charge in [-0.25, -0.2) is 0 Å². The van der Waals surface area contributed by atoms with Crippen molar-refractivity contribution in [2.45, 2.75) is 39.0 Å². The number of rotatable bonds is 0. The van der Waals surface area contributed by atoms with E-state index in [4.69, 9.17) is 0 Å². The zero-order valence-electron chi connectivity index (χ0n) is 6.77. The van der Waals surface area contributed by atoms with Crippen molar-refractivity contribution < 1.29 is 0 Å². The molecule has 0 saturated heterocycles. The zero-order chi connectivity index (χ0) is 7.03. The molecule has 2 unspecified atom stereocenters. The number of hydrogen-bond acceptors (Lipinski definition) is 0. The van der Waals surface area contributed by atoms with Crippen molar-refractivity contribution in [3.05, 3.63) is 12.2 Å². The van der Waals surface area contributed by atoms with Crippen LogP contribution in [0.1, 0.15) is 39.0 Å². The van der Waals surface area contributed by atoms with E-state index in [1.807, 2.05) is 0 Å². The average Bonchev–Trinajstić information content (AvgIpc) is 2.04. The predicted octanol–water partition coefficient (Wildman–Crippen LogP) is 3.14. The van der Waals surface area contributed by atoms with E-state index in [0.717, 1.165) is 11.3 Å². The molecule has 2 atom stereocenters. The van der Waals surface area contributed by atoms with Gasteiger partial charge in [0.05, 0.1) is 0 Å². The van der Waals surface area contributed by atoms with Crippen LogP contribution in [-0.4, -0.2) is 0 Å². The fourth-order valence-electron chi connectivity index (χ4n) is 2.42. The van der Waals surface area contributed by atoms with Crippen molar-refractivity contribution in [1.29, 1.82) is 0 Å². The van der Waals surface area contributed by atoms with Gasteiger partial charge in [0.1, 0.15) is 0 Å². The van der Waals surface area contributed by atoms with Gasteiger partial charge in [-0.15, -0.1) is 0 Å². The summed E-state index contributed by atoms with van der Waals surface area (Å²) in [6.07, 6.45) is 11.9. The normalized spacial score (nSPS) is 45.5. The van der Waals surface area contributed by atoms with Gasteiger partial charge in [0.2, 0.25) is 0 Å². The van der Waals surface area contributed by atoms with Gasteiger partial charge in [-0.1, -0.05) is 19.1 Å². The molecule has 0 heteroatoms. The van der Waals surface area contributed by atoms with Crippen LogP contribution in [-0.2, 0) is 0 Å². The maximum absolute atomic E-state index is 2.42. The van der Waals surface area contributed by atoms with E-state index < -0.39 is 0 Å². The van der Waals surface area contributed by atoms with Crippen molar-refractivity contribution in [2.75, 3.05) is 0 Å². The molecule has 1 fully saturated rings. The molecule has 0 nitrogen and oxygen atoms in total. The van der Waals surface area contributed by atoms with Gasteiger partial charge in [-0.2, -0.15) is 0 Å². The van der Waals surface area contributed by atoms with Crippen molar-refractivity contribution in [3.63, 3.8) is 0 Å². The fraction of sp³-hybridized carbons (Fsp3) is 0.800. The molecule has 0 aromatic heterocycles. The highest BCUT2D eigenvalue weighted by Gasteiger charge is 2.42. The summed E-state index contributed by atoms with van der Waals surface area (Å²) in [5.41, 5.74) is 0.773. The third kappa shape index (κ3) is 0.744. The first kappa shape index (κ1) is 6.45. The van der Waals surface area contributed by atoms with E-state index >= 15 is 0 Å². The Hall–Kier alpha value is -0.260. The van der Waals surface area contributed by atoms with Crippen LogP contribution in [0.2, 0.25) is 0 Å². The monoisotopic (exact) mass is 136 g/mol. The summed E-state index contributed by atoms with van der Waals surface area (Å²) in [6, 6.07) is 0. The Bertz CT molecular complexity index is 157. The van der Waals surface area contributed by atoms with E-state index in [-0.39, 0.29) is 0 Å². The molecule has 0 bridgehead atoms. The lowest BCUT2D eigenvalue weighted by atomic mass is 9.56. The topological polar surface area (TPSA) is 0 Å². The summed E-state index contributed by atoms with van der Waals surface area (Å²) >= 11 is 0. The molecule has 0 N–H and O–H groups in total. The van der Waals surface area contributed by atoms with Gasteiger partial charge in [-0.05, 0) is 43.4 Å². The van der Waals surface area contributed by atoms with Gasteiger partial charge >= 0.3 is 0 Å². The second kappa shape index (κ2) is 2.11. The number of hydrogen-bond donors (Lipinski definition) is 0. The summed E-state index contributed by atoms with van der Waals surface area (Å²) in [4.78, 5) is 0. The van der Waals surface area contributed by atoms with Crippen LogP contribution in [0.15, 0.2) is 12.2 Å². The van der Waals surface area contributed by atoms with Crippen LogP contribution in [0.3, 0.4) is 0 Å². The Balaban J connectivity index is 2.08. The smallest absolute Gasteiger partial charge is 0.0234 e. The maximum atomic E-state index is 2.42. The molecule has 0 aromatic carbocycles. The van der Waals surface area contributed by atoms with Crippen molar-refractivity contribution in [2.24, 2.45) is 11.3 Å². The highest BCUT2D eigenvalue weighted by atomic mass is 14.5. The molecule has 56 valence electrons. The molecule has 0 aromatic rings.